The molecule has 0 spiro atoms. The van der Waals surface area contributed by atoms with Gasteiger partial charge >= 0.3 is 6.18 Å². The molecule has 1 amide bonds. The Balaban J connectivity index is 2.29. The van der Waals surface area contributed by atoms with E-state index < -0.39 is 17.6 Å². The molecule has 116 valence electrons. The van der Waals surface area contributed by atoms with Crippen molar-refractivity contribution in [1.29, 1.82) is 0 Å². The molecule has 0 bridgehead atoms. The van der Waals surface area contributed by atoms with Gasteiger partial charge in [0.25, 0.3) is 0 Å². The third-order valence-electron chi connectivity index (χ3n) is 4.19. The van der Waals surface area contributed by atoms with E-state index >= 15 is 0 Å². The van der Waals surface area contributed by atoms with E-state index in [0.29, 0.717) is 5.56 Å². The highest BCUT2D eigenvalue weighted by Crippen LogP contribution is 2.39. The topological polar surface area (TPSA) is 63.3 Å². The van der Waals surface area contributed by atoms with Crippen LogP contribution in [0.25, 0.3) is 0 Å². The van der Waals surface area contributed by atoms with E-state index in [-0.39, 0.29) is 24.0 Å². The summed E-state index contributed by atoms with van der Waals surface area (Å²) in [4.78, 5) is 11.5. The largest absolute Gasteiger partial charge is 0.416 e. The summed E-state index contributed by atoms with van der Waals surface area (Å²) in [6.45, 7) is 0.127. The smallest absolute Gasteiger partial charge is 0.396 e. The highest BCUT2D eigenvalue weighted by atomic mass is 19.4. The van der Waals surface area contributed by atoms with Crippen molar-refractivity contribution in [3.63, 3.8) is 0 Å². The lowest BCUT2D eigenvalue weighted by molar-refractivity contribution is -0.137. The number of halogens is 3. The number of carbonyl (C=O) groups excluding carboxylic acids is 1. The summed E-state index contributed by atoms with van der Waals surface area (Å²) in [5, 5.41) is 9.12. The first-order valence-corrected chi connectivity index (χ1v) is 6.94. The third kappa shape index (κ3) is 3.56. The number of rotatable bonds is 3. The molecule has 1 saturated carbocycles. The Morgan fingerprint density at radius 1 is 1.24 bits per heavy atom. The van der Waals surface area contributed by atoms with Gasteiger partial charge < -0.3 is 10.8 Å². The molecule has 2 rings (SSSR count). The minimum atomic E-state index is -4.49. The van der Waals surface area contributed by atoms with E-state index in [0.717, 1.165) is 37.8 Å². The van der Waals surface area contributed by atoms with Crippen molar-refractivity contribution in [1.82, 2.24) is 0 Å². The Kier molecular flexibility index (Phi) is 4.56. The standard InChI is InChI=1S/C15H18F3NO2/c16-15(17,18)11-5-6-12(13(7-11)14(19)21)10-3-1-9(8-20)2-4-10/h5-7,9-10,20H,1-4,8H2,(H2,19,21)/t9-,10+. The average molecular weight is 301 g/mol. The van der Waals surface area contributed by atoms with Crippen LogP contribution in [0.1, 0.15) is 53.1 Å². The number of hydrogen-bond donors (Lipinski definition) is 2. The number of aliphatic hydroxyl groups excluding tert-OH is 1. The number of aliphatic hydroxyl groups is 1. The van der Waals surface area contributed by atoms with Gasteiger partial charge in [0.15, 0.2) is 0 Å². The quantitative estimate of drug-likeness (QED) is 0.901. The van der Waals surface area contributed by atoms with Crippen molar-refractivity contribution in [3.05, 3.63) is 34.9 Å². The van der Waals surface area contributed by atoms with Crippen LogP contribution in [0.3, 0.4) is 0 Å². The molecule has 3 nitrogen and oxygen atoms in total. The number of amides is 1. The van der Waals surface area contributed by atoms with Gasteiger partial charge in [-0.15, -0.1) is 0 Å². The van der Waals surface area contributed by atoms with Gasteiger partial charge in [-0.1, -0.05) is 6.07 Å². The molecule has 0 aromatic heterocycles. The number of hydrogen-bond acceptors (Lipinski definition) is 2. The van der Waals surface area contributed by atoms with Crippen molar-refractivity contribution in [2.24, 2.45) is 11.7 Å². The monoisotopic (exact) mass is 301 g/mol. The minimum absolute atomic E-state index is 0.0255. The van der Waals surface area contributed by atoms with Crippen LogP contribution in [0, 0.1) is 5.92 Å². The molecule has 1 aliphatic rings. The van der Waals surface area contributed by atoms with Crippen LogP contribution in [-0.2, 0) is 6.18 Å². The van der Waals surface area contributed by atoms with E-state index in [2.05, 4.69) is 0 Å². The molecule has 0 unspecified atom stereocenters. The summed E-state index contributed by atoms with van der Waals surface area (Å²) >= 11 is 0. The molecule has 21 heavy (non-hydrogen) atoms. The molecule has 0 saturated heterocycles. The maximum atomic E-state index is 12.7. The molecule has 1 aromatic rings. The number of alkyl halides is 3. The first kappa shape index (κ1) is 15.8. The lowest BCUT2D eigenvalue weighted by atomic mass is 9.77. The van der Waals surface area contributed by atoms with Gasteiger partial charge in [-0.25, -0.2) is 0 Å². The van der Waals surface area contributed by atoms with Crippen LogP contribution in [0.2, 0.25) is 0 Å². The minimum Gasteiger partial charge on any atom is -0.396 e. The Morgan fingerprint density at radius 3 is 2.33 bits per heavy atom. The van der Waals surface area contributed by atoms with Crippen LogP contribution in [0.4, 0.5) is 13.2 Å². The predicted octanol–water partition coefficient (Wildman–Crippen LogP) is 3.07. The fourth-order valence-electron chi connectivity index (χ4n) is 2.96. The van der Waals surface area contributed by atoms with Gasteiger partial charge in [-0.05, 0) is 55.2 Å². The molecule has 0 heterocycles. The number of primary amides is 1. The Hall–Kier alpha value is -1.56. The van der Waals surface area contributed by atoms with Crippen LogP contribution in [0.15, 0.2) is 18.2 Å². The summed E-state index contributed by atoms with van der Waals surface area (Å²) in [6, 6.07) is 3.21. The third-order valence-corrected chi connectivity index (χ3v) is 4.19. The second kappa shape index (κ2) is 6.05. The van der Waals surface area contributed by atoms with Crippen molar-refractivity contribution < 1.29 is 23.1 Å². The van der Waals surface area contributed by atoms with Crippen LogP contribution in [-0.4, -0.2) is 17.6 Å². The Bertz CT molecular complexity index is 520. The number of nitrogens with two attached hydrogens (primary N) is 1. The maximum Gasteiger partial charge on any atom is 0.416 e. The molecule has 6 heteroatoms. The molecule has 0 radical (unpaired) electrons. The molecule has 3 N–H and O–H groups in total. The van der Waals surface area contributed by atoms with Crippen LogP contribution < -0.4 is 5.73 Å². The van der Waals surface area contributed by atoms with Gasteiger partial charge in [0.05, 0.1) is 5.56 Å². The predicted molar refractivity (Wildman–Crippen MR) is 71.7 cm³/mol. The van der Waals surface area contributed by atoms with Crippen molar-refractivity contribution in [3.8, 4) is 0 Å². The summed E-state index contributed by atoms with van der Waals surface area (Å²) < 4.78 is 38.2. The van der Waals surface area contributed by atoms with E-state index in [9.17, 15) is 18.0 Å². The van der Waals surface area contributed by atoms with Gasteiger partial charge in [-0.3, -0.25) is 4.79 Å². The van der Waals surface area contributed by atoms with Gasteiger partial charge in [0, 0.05) is 12.2 Å². The Morgan fingerprint density at radius 2 is 1.86 bits per heavy atom. The lowest BCUT2D eigenvalue weighted by Gasteiger charge is -2.28. The van der Waals surface area contributed by atoms with Crippen molar-refractivity contribution in [2.75, 3.05) is 6.61 Å². The van der Waals surface area contributed by atoms with Crippen LogP contribution >= 0.6 is 0 Å². The molecule has 0 aliphatic heterocycles. The fourth-order valence-corrected chi connectivity index (χ4v) is 2.96. The number of benzene rings is 1. The van der Waals surface area contributed by atoms with Crippen molar-refractivity contribution >= 4 is 5.91 Å². The number of carbonyl (C=O) groups is 1. The van der Waals surface area contributed by atoms with Gasteiger partial charge in [0.1, 0.15) is 0 Å². The van der Waals surface area contributed by atoms with Crippen LogP contribution in [0.5, 0.6) is 0 Å². The molecule has 0 atom stereocenters. The molecular formula is C15H18F3NO2. The second-order valence-corrected chi connectivity index (χ2v) is 5.56. The van der Waals surface area contributed by atoms with E-state index in [1.54, 1.807) is 0 Å². The summed E-state index contributed by atoms with van der Waals surface area (Å²) in [7, 11) is 0. The maximum absolute atomic E-state index is 12.7. The molecule has 1 aromatic carbocycles. The normalized spacial score (nSPS) is 23.0. The van der Waals surface area contributed by atoms with Gasteiger partial charge in [0.2, 0.25) is 5.91 Å². The van der Waals surface area contributed by atoms with E-state index in [1.165, 1.54) is 6.07 Å². The summed E-state index contributed by atoms with van der Waals surface area (Å²) in [5.41, 5.74) is 4.93. The molecule has 1 fully saturated rings. The van der Waals surface area contributed by atoms with E-state index in [1.807, 2.05) is 0 Å². The highest BCUT2D eigenvalue weighted by molar-refractivity contribution is 5.94. The second-order valence-electron chi connectivity index (χ2n) is 5.56. The zero-order valence-corrected chi connectivity index (χ0v) is 11.5. The van der Waals surface area contributed by atoms with Gasteiger partial charge in [-0.2, -0.15) is 13.2 Å². The zero-order valence-electron chi connectivity index (χ0n) is 11.5. The SMILES string of the molecule is NC(=O)c1cc(C(F)(F)F)ccc1[C@H]1CC[C@@H](CO)CC1. The van der Waals surface area contributed by atoms with Crippen molar-refractivity contribution in [2.45, 2.75) is 37.8 Å². The fraction of sp³-hybridized carbons (Fsp3) is 0.533. The van der Waals surface area contributed by atoms with E-state index in [4.69, 9.17) is 10.8 Å². The summed E-state index contributed by atoms with van der Waals surface area (Å²) in [6.07, 6.45) is -1.38. The molecule has 1 aliphatic carbocycles. The Labute approximate surface area is 121 Å². The highest BCUT2D eigenvalue weighted by Gasteiger charge is 2.33. The molecular weight excluding hydrogens is 283 g/mol. The first-order valence-electron chi connectivity index (χ1n) is 6.94. The zero-order chi connectivity index (χ0) is 15.6. The average Bonchev–Trinajstić information content (AvgIpc) is 2.45. The summed E-state index contributed by atoms with van der Waals surface area (Å²) in [5.74, 6) is -0.564. The first-order chi connectivity index (χ1) is 9.82. The lowest BCUT2D eigenvalue weighted by Crippen LogP contribution is -2.21.